The van der Waals surface area contributed by atoms with Gasteiger partial charge in [-0.05, 0) is 57.2 Å². The van der Waals surface area contributed by atoms with E-state index in [1.807, 2.05) is 19.9 Å². The van der Waals surface area contributed by atoms with Crippen molar-refractivity contribution in [1.29, 1.82) is 5.26 Å². The zero-order chi connectivity index (χ0) is 21.8. The van der Waals surface area contributed by atoms with Gasteiger partial charge in [-0.2, -0.15) is 10.4 Å². The number of nitriles is 1. The molecule has 0 spiro atoms. The topological polar surface area (TPSA) is 97.0 Å². The molecular formula is C22H19ClN4O3. The predicted octanol–water partition coefficient (Wildman–Crippen LogP) is 4.20. The number of amides is 1. The number of carbonyl (C=O) groups excluding carboxylic acids is 2. The van der Waals surface area contributed by atoms with Crippen LogP contribution in [-0.2, 0) is 9.53 Å². The summed E-state index contributed by atoms with van der Waals surface area (Å²) in [5.41, 5.74) is 3.24. The first-order chi connectivity index (χ1) is 14.3. The van der Waals surface area contributed by atoms with Gasteiger partial charge in [0.05, 0.1) is 38.9 Å². The van der Waals surface area contributed by atoms with Crippen LogP contribution in [0.4, 0.5) is 5.69 Å². The van der Waals surface area contributed by atoms with Gasteiger partial charge in [-0.15, -0.1) is 0 Å². The number of carbonyl (C=O) groups is 2. The van der Waals surface area contributed by atoms with Gasteiger partial charge in [0.1, 0.15) is 6.07 Å². The van der Waals surface area contributed by atoms with Crippen molar-refractivity contribution in [1.82, 2.24) is 9.78 Å². The van der Waals surface area contributed by atoms with E-state index in [0.717, 1.165) is 17.1 Å². The second kappa shape index (κ2) is 8.80. The molecule has 8 heteroatoms. The maximum absolute atomic E-state index is 12.4. The van der Waals surface area contributed by atoms with Crippen LogP contribution in [0.1, 0.15) is 34.2 Å². The molecule has 1 aromatic heterocycles. The Morgan fingerprint density at radius 3 is 2.43 bits per heavy atom. The Hall–Kier alpha value is -3.63. The first-order valence-electron chi connectivity index (χ1n) is 9.15. The molecule has 0 saturated heterocycles. The van der Waals surface area contributed by atoms with Crippen LogP contribution < -0.4 is 5.32 Å². The fourth-order valence-corrected chi connectivity index (χ4v) is 2.94. The molecule has 30 heavy (non-hydrogen) atoms. The zero-order valence-electron chi connectivity index (χ0n) is 16.6. The molecule has 0 saturated carbocycles. The van der Waals surface area contributed by atoms with E-state index in [1.54, 1.807) is 53.2 Å². The van der Waals surface area contributed by atoms with E-state index in [9.17, 15) is 9.59 Å². The van der Waals surface area contributed by atoms with E-state index in [2.05, 4.69) is 10.4 Å². The summed E-state index contributed by atoms with van der Waals surface area (Å²) in [4.78, 5) is 24.7. The average Bonchev–Trinajstić information content (AvgIpc) is 3.01. The summed E-state index contributed by atoms with van der Waals surface area (Å²) < 4.78 is 6.95. The highest BCUT2D eigenvalue weighted by Gasteiger charge is 2.20. The minimum absolute atomic E-state index is 0.295. The van der Waals surface area contributed by atoms with Crippen LogP contribution in [0.2, 0.25) is 5.02 Å². The van der Waals surface area contributed by atoms with E-state index in [4.69, 9.17) is 21.6 Å². The second-order valence-electron chi connectivity index (χ2n) is 6.64. The van der Waals surface area contributed by atoms with Gasteiger partial charge in [0.25, 0.3) is 5.91 Å². The molecule has 0 aliphatic heterocycles. The van der Waals surface area contributed by atoms with Crippen LogP contribution in [0.5, 0.6) is 0 Å². The molecule has 0 aliphatic carbocycles. The number of ether oxygens (including phenoxy) is 1. The molecule has 1 unspecified atom stereocenters. The number of nitrogens with zero attached hydrogens (tertiary/aromatic N) is 3. The van der Waals surface area contributed by atoms with Gasteiger partial charge in [0.2, 0.25) is 0 Å². The summed E-state index contributed by atoms with van der Waals surface area (Å²) in [5, 5.41) is 16.7. The lowest BCUT2D eigenvalue weighted by Crippen LogP contribution is -2.30. The van der Waals surface area contributed by atoms with Crippen LogP contribution >= 0.6 is 11.6 Å². The molecule has 0 aliphatic rings. The summed E-state index contributed by atoms with van der Waals surface area (Å²) in [7, 11) is 0. The Kier molecular flexibility index (Phi) is 6.19. The number of anilines is 1. The minimum Gasteiger partial charge on any atom is -0.449 e. The summed E-state index contributed by atoms with van der Waals surface area (Å²) in [6.07, 6.45) is -1.04. The van der Waals surface area contributed by atoms with Crippen molar-refractivity contribution in [3.63, 3.8) is 0 Å². The number of aryl methyl sites for hydroxylation is 1. The summed E-state index contributed by atoms with van der Waals surface area (Å²) in [6, 6.07) is 15.2. The summed E-state index contributed by atoms with van der Waals surface area (Å²) >= 11 is 6.18. The maximum Gasteiger partial charge on any atom is 0.338 e. The third-order valence-corrected chi connectivity index (χ3v) is 5.06. The van der Waals surface area contributed by atoms with E-state index in [1.165, 1.54) is 6.92 Å². The molecule has 0 bridgehead atoms. The summed E-state index contributed by atoms with van der Waals surface area (Å²) in [5.74, 6) is -1.16. The fraction of sp³-hybridized carbons (Fsp3) is 0.182. The molecule has 7 nitrogen and oxygen atoms in total. The molecular weight excluding hydrogens is 404 g/mol. The second-order valence-corrected chi connectivity index (χ2v) is 7.02. The number of rotatable bonds is 5. The number of nitrogens with one attached hydrogen (secondary N) is 1. The molecule has 1 heterocycles. The highest BCUT2D eigenvalue weighted by atomic mass is 35.5. The number of hydrogen-bond acceptors (Lipinski definition) is 5. The van der Waals surface area contributed by atoms with Crippen molar-refractivity contribution in [2.75, 3.05) is 5.32 Å². The molecule has 152 valence electrons. The number of halogens is 1. The Balaban J connectivity index is 1.67. The van der Waals surface area contributed by atoms with Gasteiger partial charge in [0, 0.05) is 0 Å². The van der Waals surface area contributed by atoms with Crippen LogP contribution in [0.3, 0.4) is 0 Å². The van der Waals surface area contributed by atoms with Crippen molar-refractivity contribution in [3.05, 3.63) is 76.1 Å². The van der Waals surface area contributed by atoms with Gasteiger partial charge in [0.15, 0.2) is 6.10 Å². The third kappa shape index (κ3) is 4.34. The minimum atomic E-state index is -1.04. The summed E-state index contributed by atoms with van der Waals surface area (Å²) in [6.45, 7) is 5.14. The van der Waals surface area contributed by atoms with Crippen molar-refractivity contribution in [2.24, 2.45) is 0 Å². The van der Waals surface area contributed by atoms with Crippen molar-refractivity contribution < 1.29 is 14.3 Å². The molecule has 3 aromatic rings. The van der Waals surface area contributed by atoms with E-state index in [-0.39, 0.29) is 0 Å². The van der Waals surface area contributed by atoms with Crippen LogP contribution in [0.25, 0.3) is 5.69 Å². The highest BCUT2D eigenvalue weighted by Crippen LogP contribution is 2.22. The van der Waals surface area contributed by atoms with Crippen LogP contribution in [-0.4, -0.2) is 27.8 Å². The fourth-order valence-electron chi connectivity index (χ4n) is 2.82. The monoisotopic (exact) mass is 422 g/mol. The SMILES string of the molecule is Cc1nn(-c2ccc(C(=O)OC(C)C(=O)Nc3ccccc3C#N)cc2)c(C)c1Cl. The normalized spacial score (nSPS) is 11.4. The standard InChI is InChI=1S/C22H19ClN4O3/c1-13-20(23)14(2)27(26-13)18-10-8-16(9-11-18)22(29)30-15(3)21(28)25-19-7-5-4-6-17(19)12-24/h4-11,15H,1-3H3,(H,25,28). The molecule has 3 rings (SSSR count). The first-order valence-corrected chi connectivity index (χ1v) is 9.52. The molecule has 1 amide bonds. The number of benzene rings is 2. The number of esters is 1. The smallest absolute Gasteiger partial charge is 0.338 e. The Labute approximate surface area is 178 Å². The number of hydrogen-bond donors (Lipinski definition) is 1. The largest absolute Gasteiger partial charge is 0.449 e. The van der Waals surface area contributed by atoms with Gasteiger partial charge in [-0.3, -0.25) is 4.79 Å². The molecule has 0 radical (unpaired) electrons. The lowest BCUT2D eigenvalue weighted by molar-refractivity contribution is -0.123. The Morgan fingerprint density at radius 2 is 1.83 bits per heavy atom. The van der Waals surface area contributed by atoms with E-state index >= 15 is 0 Å². The number of aromatic nitrogens is 2. The van der Waals surface area contributed by atoms with Crippen LogP contribution in [0.15, 0.2) is 48.5 Å². The highest BCUT2D eigenvalue weighted by molar-refractivity contribution is 6.31. The van der Waals surface area contributed by atoms with E-state index in [0.29, 0.717) is 21.8 Å². The van der Waals surface area contributed by atoms with Crippen molar-refractivity contribution in [2.45, 2.75) is 26.9 Å². The Morgan fingerprint density at radius 1 is 1.17 bits per heavy atom. The molecule has 1 N–H and O–H groups in total. The quantitative estimate of drug-likeness (QED) is 0.621. The maximum atomic E-state index is 12.4. The predicted molar refractivity (Wildman–Crippen MR) is 113 cm³/mol. The van der Waals surface area contributed by atoms with Crippen molar-refractivity contribution in [3.8, 4) is 11.8 Å². The van der Waals surface area contributed by atoms with Gasteiger partial charge in [-0.1, -0.05) is 23.7 Å². The van der Waals surface area contributed by atoms with Gasteiger partial charge >= 0.3 is 5.97 Å². The van der Waals surface area contributed by atoms with E-state index < -0.39 is 18.0 Å². The zero-order valence-corrected chi connectivity index (χ0v) is 17.4. The van der Waals surface area contributed by atoms with Gasteiger partial charge < -0.3 is 10.1 Å². The molecule has 1 atom stereocenters. The average molecular weight is 423 g/mol. The lowest BCUT2D eigenvalue weighted by atomic mass is 10.2. The molecule has 2 aromatic carbocycles. The Bertz CT molecular complexity index is 1150. The lowest BCUT2D eigenvalue weighted by Gasteiger charge is -2.14. The molecule has 0 fully saturated rings. The van der Waals surface area contributed by atoms with Crippen molar-refractivity contribution >= 4 is 29.2 Å². The third-order valence-electron chi connectivity index (χ3n) is 4.51. The number of para-hydroxylation sites is 1. The van der Waals surface area contributed by atoms with Gasteiger partial charge in [-0.25, -0.2) is 9.48 Å². The van der Waals surface area contributed by atoms with Crippen LogP contribution in [0, 0.1) is 25.2 Å². The first kappa shape index (κ1) is 21.1.